The number of carbonyl (C=O) groups excluding carboxylic acids is 1. The molecule has 19 heavy (non-hydrogen) atoms. The molecule has 0 aliphatic carbocycles. The maximum absolute atomic E-state index is 11.9. The molecule has 0 spiro atoms. The van der Waals surface area contributed by atoms with E-state index in [-0.39, 0.29) is 11.4 Å². The van der Waals surface area contributed by atoms with Crippen LogP contribution in [0.15, 0.2) is 0 Å². The Labute approximate surface area is 119 Å². The van der Waals surface area contributed by atoms with Crippen LogP contribution in [0.3, 0.4) is 0 Å². The number of nitrogens with zero attached hydrogens (tertiary/aromatic N) is 1. The van der Waals surface area contributed by atoms with Crippen LogP contribution < -0.4 is 5.32 Å². The predicted molar refractivity (Wildman–Crippen MR) is 79.9 cm³/mol. The summed E-state index contributed by atoms with van der Waals surface area (Å²) in [6.45, 7) is 13.6. The summed E-state index contributed by atoms with van der Waals surface area (Å²) in [6.07, 6.45) is 0. The van der Waals surface area contributed by atoms with Crippen LogP contribution in [0.5, 0.6) is 0 Å². The Kier molecular flexibility index (Phi) is 5.35. The molecule has 0 aliphatic rings. The summed E-state index contributed by atoms with van der Waals surface area (Å²) in [5.74, 6) is 0.263. The molecule has 1 heterocycles. The van der Waals surface area contributed by atoms with Crippen LogP contribution in [-0.2, 0) is 4.74 Å². The minimum atomic E-state index is -0.293. The highest BCUT2D eigenvalue weighted by Gasteiger charge is 2.25. The third kappa shape index (κ3) is 3.93. The molecule has 0 aromatic carbocycles. The zero-order valence-electron chi connectivity index (χ0n) is 12.7. The summed E-state index contributed by atoms with van der Waals surface area (Å²) < 4.78 is 9.32. The number of anilines is 1. The van der Waals surface area contributed by atoms with Gasteiger partial charge in [-0.3, -0.25) is 0 Å². The molecule has 0 saturated heterocycles. The molecule has 0 radical (unpaired) electrons. The number of carbonyl (C=O) groups is 1. The van der Waals surface area contributed by atoms with Crippen molar-refractivity contribution < 1.29 is 9.53 Å². The van der Waals surface area contributed by atoms with E-state index in [0.717, 1.165) is 17.2 Å². The molecule has 0 atom stereocenters. The maximum atomic E-state index is 11.9. The van der Waals surface area contributed by atoms with E-state index >= 15 is 0 Å². The lowest BCUT2D eigenvalue weighted by Crippen LogP contribution is -2.28. The number of ether oxygens (including phenoxy) is 1. The number of nitrogens with one attached hydrogen (secondary N) is 1. The van der Waals surface area contributed by atoms with E-state index in [2.05, 4.69) is 37.4 Å². The Bertz CT molecular complexity index is 439. The minimum absolute atomic E-state index is 0.157. The second kappa shape index (κ2) is 6.37. The molecule has 1 rings (SSSR count). The van der Waals surface area contributed by atoms with Crippen molar-refractivity contribution in [3.63, 3.8) is 0 Å². The Hall–Kier alpha value is -1.10. The Morgan fingerprint density at radius 1 is 1.47 bits per heavy atom. The molecule has 0 saturated carbocycles. The van der Waals surface area contributed by atoms with Gasteiger partial charge in [0.05, 0.1) is 12.3 Å². The Morgan fingerprint density at radius 2 is 2.11 bits per heavy atom. The van der Waals surface area contributed by atoms with E-state index in [4.69, 9.17) is 4.74 Å². The van der Waals surface area contributed by atoms with Gasteiger partial charge in [-0.2, -0.15) is 4.37 Å². The fraction of sp³-hybridized carbons (Fsp3) is 0.714. The molecule has 1 aromatic heterocycles. The molecule has 0 bridgehead atoms. The van der Waals surface area contributed by atoms with Gasteiger partial charge in [0.25, 0.3) is 0 Å². The number of esters is 1. The van der Waals surface area contributed by atoms with E-state index in [0.29, 0.717) is 18.1 Å². The van der Waals surface area contributed by atoms with Crippen molar-refractivity contribution >= 4 is 22.5 Å². The van der Waals surface area contributed by atoms with Crippen molar-refractivity contribution in [2.24, 2.45) is 11.3 Å². The van der Waals surface area contributed by atoms with Crippen LogP contribution in [0, 0.1) is 18.3 Å². The topological polar surface area (TPSA) is 51.2 Å². The fourth-order valence-corrected chi connectivity index (χ4v) is 2.22. The first-order valence-corrected chi connectivity index (χ1v) is 7.44. The average Bonchev–Trinajstić information content (AvgIpc) is 2.68. The third-order valence-corrected chi connectivity index (χ3v) is 4.51. The molecule has 0 unspecified atom stereocenters. The number of rotatable bonds is 6. The van der Waals surface area contributed by atoms with E-state index < -0.39 is 0 Å². The van der Waals surface area contributed by atoms with Gasteiger partial charge in [0.2, 0.25) is 0 Å². The monoisotopic (exact) mass is 284 g/mol. The summed E-state index contributed by atoms with van der Waals surface area (Å²) in [6, 6.07) is 0. The van der Waals surface area contributed by atoms with Gasteiger partial charge in [-0.1, -0.05) is 27.7 Å². The van der Waals surface area contributed by atoms with Gasteiger partial charge in [0.15, 0.2) is 0 Å². The van der Waals surface area contributed by atoms with Gasteiger partial charge < -0.3 is 10.1 Å². The number of hydrogen-bond acceptors (Lipinski definition) is 5. The molecule has 5 heteroatoms. The van der Waals surface area contributed by atoms with Crippen molar-refractivity contribution in [3.05, 3.63) is 11.3 Å². The van der Waals surface area contributed by atoms with Gasteiger partial charge in [0, 0.05) is 6.54 Å². The second-order valence-electron chi connectivity index (χ2n) is 5.69. The highest BCUT2D eigenvalue weighted by atomic mass is 32.1. The van der Waals surface area contributed by atoms with Crippen LogP contribution in [0.1, 0.15) is 50.7 Å². The molecule has 0 amide bonds. The molecule has 0 aliphatic heterocycles. The zero-order valence-corrected chi connectivity index (χ0v) is 13.5. The number of aryl methyl sites for hydroxylation is 1. The highest BCUT2D eigenvalue weighted by molar-refractivity contribution is 7.10. The first-order valence-electron chi connectivity index (χ1n) is 6.66. The number of aromatic nitrogens is 1. The van der Waals surface area contributed by atoms with E-state index in [1.807, 2.05) is 13.8 Å². The van der Waals surface area contributed by atoms with Gasteiger partial charge in [-0.25, -0.2) is 4.79 Å². The normalized spacial score (nSPS) is 11.7. The SMILES string of the molecule is CCOC(=O)c1c(C)nsc1NCC(C)(C)C(C)C. The Balaban J connectivity index is 2.83. The van der Waals surface area contributed by atoms with Gasteiger partial charge in [0.1, 0.15) is 10.6 Å². The van der Waals surface area contributed by atoms with Crippen molar-refractivity contribution in [2.45, 2.75) is 41.5 Å². The van der Waals surface area contributed by atoms with Gasteiger partial charge >= 0.3 is 5.97 Å². The lowest BCUT2D eigenvalue weighted by molar-refractivity contribution is 0.0527. The molecule has 1 aromatic rings. The molecular weight excluding hydrogens is 260 g/mol. The van der Waals surface area contributed by atoms with Crippen LogP contribution in [0.4, 0.5) is 5.00 Å². The lowest BCUT2D eigenvalue weighted by Gasteiger charge is -2.29. The van der Waals surface area contributed by atoms with Crippen LogP contribution in [0.25, 0.3) is 0 Å². The average molecular weight is 284 g/mol. The lowest BCUT2D eigenvalue weighted by atomic mass is 9.81. The molecule has 4 nitrogen and oxygen atoms in total. The van der Waals surface area contributed by atoms with Crippen molar-refractivity contribution in [1.29, 1.82) is 0 Å². The smallest absolute Gasteiger partial charge is 0.343 e. The summed E-state index contributed by atoms with van der Waals surface area (Å²) in [4.78, 5) is 11.9. The van der Waals surface area contributed by atoms with Crippen LogP contribution >= 0.6 is 11.5 Å². The van der Waals surface area contributed by atoms with Crippen LogP contribution in [-0.4, -0.2) is 23.5 Å². The van der Waals surface area contributed by atoms with E-state index in [1.54, 1.807) is 0 Å². The van der Waals surface area contributed by atoms with Crippen molar-refractivity contribution in [2.75, 3.05) is 18.5 Å². The zero-order chi connectivity index (χ0) is 14.6. The third-order valence-electron chi connectivity index (χ3n) is 3.61. The number of hydrogen-bond donors (Lipinski definition) is 1. The summed E-state index contributed by atoms with van der Waals surface area (Å²) >= 11 is 1.32. The molecular formula is C14H24N2O2S. The summed E-state index contributed by atoms with van der Waals surface area (Å²) in [5, 5.41) is 4.16. The molecule has 0 fully saturated rings. The first-order chi connectivity index (χ1) is 8.79. The second-order valence-corrected chi connectivity index (χ2v) is 6.46. The molecule has 1 N–H and O–H groups in total. The predicted octanol–water partition coefficient (Wildman–Crippen LogP) is 3.72. The maximum Gasteiger partial charge on any atom is 0.343 e. The summed E-state index contributed by atoms with van der Waals surface area (Å²) in [5.41, 5.74) is 1.46. The highest BCUT2D eigenvalue weighted by Crippen LogP contribution is 2.30. The fourth-order valence-electron chi connectivity index (χ4n) is 1.45. The largest absolute Gasteiger partial charge is 0.462 e. The standard InChI is InChI=1S/C14H24N2O2S/c1-7-18-13(17)11-10(4)16-19-12(11)15-8-14(5,6)9(2)3/h9,15H,7-8H2,1-6H3. The Morgan fingerprint density at radius 3 is 2.63 bits per heavy atom. The van der Waals surface area contributed by atoms with Gasteiger partial charge in [-0.05, 0) is 36.7 Å². The molecule has 108 valence electrons. The van der Waals surface area contributed by atoms with Crippen molar-refractivity contribution in [1.82, 2.24) is 4.37 Å². The van der Waals surface area contributed by atoms with E-state index in [1.165, 1.54) is 11.5 Å². The minimum Gasteiger partial charge on any atom is -0.462 e. The van der Waals surface area contributed by atoms with E-state index in [9.17, 15) is 4.79 Å². The first kappa shape index (κ1) is 16.0. The van der Waals surface area contributed by atoms with Gasteiger partial charge in [-0.15, -0.1) is 0 Å². The quantitative estimate of drug-likeness (QED) is 0.809. The summed E-state index contributed by atoms with van der Waals surface area (Å²) in [7, 11) is 0. The van der Waals surface area contributed by atoms with Crippen LogP contribution in [0.2, 0.25) is 0 Å². The van der Waals surface area contributed by atoms with Crippen molar-refractivity contribution in [3.8, 4) is 0 Å².